The predicted molar refractivity (Wildman–Crippen MR) is 73.1 cm³/mol. The van der Waals surface area contributed by atoms with Crippen molar-refractivity contribution in [3.8, 4) is 6.07 Å². The molecule has 1 aromatic carbocycles. The lowest BCUT2D eigenvalue weighted by Crippen LogP contribution is -2.40. The predicted octanol–water partition coefficient (Wildman–Crippen LogP) is 2.90. The highest BCUT2D eigenvalue weighted by atomic mass is 16.5. The summed E-state index contributed by atoms with van der Waals surface area (Å²) in [6.45, 7) is 4.97. The SMILES string of the molecule is COCC(NC(CC#N)c1ccccc1)C(C)C. The van der Waals surface area contributed by atoms with Crippen LogP contribution in [0.5, 0.6) is 0 Å². The molecule has 3 heteroatoms. The smallest absolute Gasteiger partial charge is 0.0641 e. The lowest BCUT2D eigenvalue weighted by molar-refractivity contribution is 0.140. The first kappa shape index (κ1) is 14.7. The molecular formula is C15H22N2O. The van der Waals surface area contributed by atoms with Gasteiger partial charge in [-0.05, 0) is 11.5 Å². The zero-order chi connectivity index (χ0) is 13.4. The number of rotatable bonds is 7. The fourth-order valence-electron chi connectivity index (χ4n) is 1.92. The fourth-order valence-corrected chi connectivity index (χ4v) is 1.92. The van der Waals surface area contributed by atoms with Gasteiger partial charge in [0.2, 0.25) is 0 Å². The topological polar surface area (TPSA) is 45.0 Å². The van der Waals surface area contributed by atoms with Crippen LogP contribution < -0.4 is 5.32 Å². The molecule has 18 heavy (non-hydrogen) atoms. The minimum absolute atomic E-state index is 0.0683. The molecule has 0 aliphatic heterocycles. The van der Waals surface area contributed by atoms with E-state index in [-0.39, 0.29) is 12.1 Å². The van der Waals surface area contributed by atoms with Crippen LogP contribution in [0.1, 0.15) is 31.9 Å². The highest BCUT2D eigenvalue weighted by Crippen LogP contribution is 2.18. The van der Waals surface area contributed by atoms with E-state index in [0.717, 1.165) is 5.56 Å². The highest BCUT2D eigenvalue weighted by molar-refractivity contribution is 5.20. The van der Waals surface area contributed by atoms with Gasteiger partial charge in [-0.1, -0.05) is 44.2 Å². The van der Waals surface area contributed by atoms with Crippen LogP contribution in [0.3, 0.4) is 0 Å². The molecule has 0 heterocycles. The van der Waals surface area contributed by atoms with Crippen LogP contribution in [0.2, 0.25) is 0 Å². The Morgan fingerprint density at radius 1 is 1.28 bits per heavy atom. The number of methoxy groups -OCH3 is 1. The van der Waals surface area contributed by atoms with Gasteiger partial charge in [-0.2, -0.15) is 5.26 Å². The maximum atomic E-state index is 8.96. The number of benzene rings is 1. The van der Waals surface area contributed by atoms with Crippen molar-refractivity contribution in [2.75, 3.05) is 13.7 Å². The van der Waals surface area contributed by atoms with Crippen LogP contribution in [0.4, 0.5) is 0 Å². The van der Waals surface area contributed by atoms with Crippen molar-refractivity contribution in [1.29, 1.82) is 5.26 Å². The Bertz CT molecular complexity index is 370. The molecule has 0 fully saturated rings. The third-order valence-electron chi connectivity index (χ3n) is 3.06. The fraction of sp³-hybridized carbons (Fsp3) is 0.533. The second kappa shape index (κ2) is 7.86. The maximum Gasteiger partial charge on any atom is 0.0641 e. The first-order chi connectivity index (χ1) is 8.69. The summed E-state index contributed by atoms with van der Waals surface area (Å²) >= 11 is 0. The minimum atomic E-state index is 0.0683. The molecular weight excluding hydrogens is 224 g/mol. The molecule has 0 bridgehead atoms. The summed E-state index contributed by atoms with van der Waals surface area (Å²) in [6.07, 6.45) is 0.469. The van der Waals surface area contributed by atoms with Crippen LogP contribution in [-0.4, -0.2) is 19.8 Å². The summed E-state index contributed by atoms with van der Waals surface area (Å²) in [6, 6.07) is 12.7. The second-order valence-electron chi connectivity index (χ2n) is 4.80. The second-order valence-corrected chi connectivity index (χ2v) is 4.80. The molecule has 3 nitrogen and oxygen atoms in total. The molecule has 0 saturated carbocycles. The summed E-state index contributed by atoms with van der Waals surface area (Å²) in [5, 5.41) is 12.5. The molecule has 0 amide bonds. The van der Waals surface area contributed by atoms with Crippen molar-refractivity contribution in [3.63, 3.8) is 0 Å². The Labute approximate surface area is 110 Å². The Hall–Kier alpha value is -1.37. The van der Waals surface area contributed by atoms with Crippen LogP contribution in [0.25, 0.3) is 0 Å². The highest BCUT2D eigenvalue weighted by Gasteiger charge is 2.19. The molecule has 2 unspecified atom stereocenters. The van der Waals surface area contributed by atoms with E-state index in [9.17, 15) is 0 Å². The minimum Gasteiger partial charge on any atom is -0.383 e. The molecule has 0 radical (unpaired) electrons. The van der Waals surface area contributed by atoms with Crippen molar-refractivity contribution in [3.05, 3.63) is 35.9 Å². The maximum absolute atomic E-state index is 8.96. The third kappa shape index (κ3) is 4.48. The molecule has 2 atom stereocenters. The van der Waals surface area contributed by atoms with Crippen LogP contribution >= 0.6 is 0 Å². The van der Waals surface area contributed by atoms with E-state index in [1.54, 1.807) is 7.11 Å². The molecule has 1 N–H and O–H groups in total. The van der Waals surface area contributed by atoms with Gasteiger partial charge < -0.3 is 10.1 Å². The van der Waals surface area contributed by atoms with Crippen molar-refractivity contribution < 1.29 is 4.74 Å². The quantitative estimate of drug-likeness (QED) is 0.804. The van der Waals surface area contributed by atoms with Gasteiger partial charge >= 0.3 is 0 Å². The first-order valence-corrected chi connectivity index (χ1v) is 6.36. The van der Waals surface area contributed by atoms with Gasteiger partial charge in [0.05, 0.1) is 19.1 Å². The number of nitriles is 1. The largest absolute Gasteiger partial charge is 0.383 e. The summed E-state index contributed by atoms with van der Waals surface area (Å²) < 4.78 is 5.23. The van der Waals surface area contributed by atoms with E-state index in [1.807, 2.05) is 18.2 Å². The van der Waals surface area contributed by atoms with Gasteiger partial charge in [0, 0.05) is 19.2 Å². The zero-order valence-corrected chi connectivity index (χ0v) is 11.4. The number of nitrogens with zero attached hydrogens (tertiary/aromatic N) is 1. The molecule has 0 saturated heterocycles. The molecule has 0 aromatic heterocycles. The number of nitrogens with one attached hydrogen (secondary N) is 1. The van der Waals surface area contributed by atoms with Gasteiger partial charge in [-0.25, -0.2) is 0 Å². The average Bonchev–Trinajstić information content (AvgIpc) is 2.38. The van der Waals surface area contributed by atoms with E-state index < -0.39 is 0 Å². The lowest BCUT2D eigenvalue weighted by Gasteiger charge is -2.27. The van der Waals surface area contributed by atoms with Gasteiger partial charge in [0.15, 0.2) is 0 Å². The number of ether oxygens (including phenoxy) is 1. The zero-order valence-electron chi connectivity index (χ0n) is 11.4. The number of hydrogen-bond acceptors (Lipinski definition) is 3. The molecule has 98 valence electrons. The van der Waals surface area contributed by atoms with Gasteiger partial charge in [-0.3, -0.25) is 0 Å². The monoisotopic (exact) mass is 246 g/mol. The molecule has 0 spiro atoms. The first-order valence-electron chi connectivity index (χ1n) is 6.36. The van der Waals surface area contributed by atoms with Gasteiger partial charge in [-0.15, -0.1) is 0 Å². The summed E-state index contributed by atoms with van der Waals surface area (Å²) in [5.41, 5.74) is 1.15. The van der Waals surface area contributed by atoms with Crippen LogP contribution in [0.15, 0.2) is 30.3 Å². The molecule has 1 aromatic rings. The Morgan fingerprint density at radius 2 is 1.94 bits per heavy atom. The van der Waals surface area contributed by atoms with E-state index in [0.29, 0.717) is 18.9 Å². The molecule has 0 aliphatic rings. The van der Waals surface area contributed by atoms with E-state index in [1.165, 1.54) is 0 Å². The lowest BCUT2D eigenvalue weighted by atomic mass is 9.99. The Balaban J connectivity index is 2.76. The average molecular weight is 246 g/mol. The van der Waals surface area contributed by atoms with E-state index in [4.69, 9.17) is 10.00 Å². The van der Waals surface area contributed by atoms with E-state index >= 15 is 0 Å². The summed E-state index contributed by atoms with van der Waals surface area (Å²) in [4.78, 5) is 0. The molecule has 0 aliphatic carbocycles. The van der Waals surface area contributed by atoms with Crippen LogP contribution in [0, 0.1) is 17.2 Å². The van der Waals surface area contributed by atoms with Crippen molar-refractivity contribution in [2.24, 2.45) is 5.92 Å². The van der Waals surface area contributed by atoms with Crippen molar-refractivity contribution in [2.45, 2.75) is 32.4 Å². The normalized spacial score (nSPS) is 14.2. The Morgan fingerprint density at radius 3 is 2.44 bits per heavy atom. The number of hydrogen-bond donors (Lipinski definition) is 1. The van der Waals surface area contributed by atoms with Gasteiger partial charge in [0.25, 0.3) is 0 Å². The molecule has 1 rings (SSSR count). The standard InChI is InChI=1S/C15H22N2O/c1-12(2)15(11-18-3)17-14(9-10-16)13-7-5-4-6-8-13/h4-8,12,14-15,17H,9,11H2,1-3H3. The van der Waals surface area contributed by atoms with E-state index in [2.05, 4.69) is 37.4 Å². The summed E-state index contributed by atoms with van der Waals surface area (Å²) in [5.74, 6) is 0.467. The van der Waals surface area contributed by atoms with Crippen molar-refractivity contribution in [1.82, 2.24) is 5.32 Å². The third-order valence-corrected chi connectivity index (χ3v) is 3.06. The van der Waals surface area contributed by atoms with Crippen LogP contribution in [-0.2, 0) is 4.74 Å². The van der Waals surface area contributed by atoms with Crippen molar-refractivity contribution >= 4 is 0 Å². The Kier molecular flexibility index (Phi) is 6.42. The summed E-state index contributed by atoms with van der Waals surface area (Å²) in [7, 11) is 1.71. The van der Waals surface area contributed by atoms with Gasteiger partial charge in [0.1, 0.15) is 0 Å².